The highest BCUT2D eigenvalue weighted by molar-refractivity contribution is 5.97. The predicted octanol–water partition coefficient (Wildman–Crippen LogP) is 1.51. The first kappa shape index (κ1) is 19.4. The minimum Gasteiger partial charge on any atom is -0.493 e. The first-order valence-corrected chi connectivity index (χ1v) is 9.91. The number of nitrogens with zero attached hydrogens (tertiary/aromatic N) is 5. The lowest BCUT2D eigenvalue weighted by atomic mass is 10.1. The van der Waals surface area contributed by atoms with Crippen LogP contribution in [-0.4, -0.2) is 68.9 Å². The van der Waals surface area contributed by atoms with Crippen LogP contribution in [0.15, 0.2) is 24.4 Å². The summed E-state index contributed by atoms with van der Waals surface area (Å²) in [6.45, 7) is 4.16. The van der Waals surface area contributed by atoms with Crippen molar-refractivity contribution in [3.8, 4) is 5.75 Å². The van der Waals surface area contributed by atoms with Crippen LogP contribution in [0.5, 0.6) is 5.75 Å². The Morgan fingerprint density at radius 1 is 1.17 bits per heavy atom. The quantitative estimate of drug-likeness (QED) is 0.668. The van der Waals surface area contributed by atoms with E-state index < -0.39 is 5.82 Å². The fraction of sp³-hybridized carbons (Fsp3) is 0.500. The molecule has 0 N–H and O–H groups in total. The van der Waals surface area contributed by atoms with Crippen LogP contribution in [-0.2, 0) is 17.8 Å². The number of fused-ring (bicyclic) bond motifs is 7. The van der Waals surface area contributed by atoms with Crippen molar-refractivity contribution >= 4 is 11.8 Å². The minimum absolute atomic E-state index is 0.0394. The number of carbonyl (C=O) groups is 2. The third-order valence-corrected chi connectivity index (χ3v) is 5.38. The van der Waals surface area contributed by atoms with Gasteiger partial charge >= 0.3 is 0 Å². The fourth-order valence-electron chi connectivity index (χ4n) is 3.80. The standard InChI is InChI=1S/C20H24FN5O3/c1-14-12-24-8-9-26(14)20(28)17-11-15(21)3-5-18(17)29-10-2-7-25-13-16(22-23-25)4-6-19(24)27/h3,5,11,13-14H,2,4,6-10,12H2,1H3. The molecule has 0 aliphatic carbocycles. The molecule has 3 aliphatic rings. The summed E-state index contributed by atoms with van der Waals surface area (Å²) in [5, 5.41) is 8.22. The average Bonchev–Trinajstić information content (AvgIpc) is 3.17. The number of hydrogen-bond donors (Lipinski definition) is 0. The Morgan fingerprint density at radius 3 is 2.86 bits per heavy atom. The summed E-state index contributed by atoms with van der Waals surface area (Å²) in [4.78, 5) is 29.2. The molecule has 4 bridgehead atoms. The molecule has 2 amide bonds. The molecule has 0 spiro atoms. The van der Waals surface area contributed by atoms with Crippen molar-refractivity contribution in [2.24, 2.45) is 0 Å². The van der Waals surface area contributed by atoms with Crippen molar-refractivity contribution in [2.75, 3.05) is 26.2 Å². The van der Waals surface area contributed by atoms with Gasteiger partial charge in [0.15, 0.2) is 0 Å². The first-order chi connectivity index (χ1) is 14.0. The van der Waals surface area contributed by atoms with E-state index in [0.717, 1.165) is 5.69 Å². The van der Waals surface area contributed by atoms with Crippen molar-refractivity contribution in [1.29, 1.82) is 0 Å². The number of piperazine rings is 1. The SMILES string of the molecule is CC1CN2CCN1C(=O)c1cc(F)ccc1OCCCn1cc(nn1)CCC2=O. The maximum absolute atomic E-state index is 13.9. The molecule has 5 rings (SSSR count). The lowest BCUT2D eigenvalue weighted by Crippen LogP contribution is -2.55. The number of benzene rings is 1. The number of ether oxygens (including phenoxy) is 1. The second kappa shape index (κ2) is 8.18. The van der Waals surface area contributed by atoms with Gasteiger partial charge in [0, 0.05) is 57.7 Å². The van der Waals surface area contributed by atoms with E-state index in [9.17, 15) is 14.0 Å². The van der Waals surface area contributed by atoms with Gasteiger partial charge in [-0.3, -0.25) is 14.3 Å². The number of amides is 2. The number of aryl methyl sites for hydroxylation is 2. The number of halogens is 1. The molecule has 3 aliphatic heterocycles. The molecule has 8 nitrogen and oxygen atoms in total. The highest BCUT2D eigenvalue weighted by atomic mass is 19.1. The van der Waals surface area contributed by atoms with Crippen molar-refractivity contribution in [2.45, 2.75) is 38.8 Å². The Morgan fingerprint density at radius 2 is 2.03 bits per heavy atom. The topological polar surface area (TPSA) is 80.6 Å². The third-order valence-electron chi connectivity index (χ3n) is 5.38. The molecule has 0 radical (unpaired) electrons. The summed E-state index contributed by atoms with van der Waals surface area (Å²) in [6.07, 6.45) is 3.39. The number of aromatic nitrogens is 3. The number of rotatable bonds is 0. The summed E-state index contributed by atoms with van der Waals surface area (Å²) in [5.74, 6) is -0.351. The van der Waals surface area contributed by atoms with Crippen LogP contribution < -0.4 is 4.74 Å². The van der Waals surface area contributed by atoms with Crippen LogP contribution >= 0.6 is 0 Å². The Labute approximate surface area is 168 Å². The van der Waals surface area contributed by atoms with Crippen LogP contribution in [0.1, 0.15) is 35.8 Å². The molecular formula is C20H24FN5O3. The van der Waals surface area contributed by atoms with Gasteiger partial charge in [-0.2, -0.15) is 0 Å². The van der Waals surface area contributed by atoms with Gasteiger partial charge in [0.25, 0.3) is 5.91 Å². The van der Waals surface area contributed by atoms with Crippen LogP contribution in [0.2, 0.25) is 0 Å². The smallest absolute Gasteiger partial charge is 0.258 e. The summed E-state index contributed by atoms with van der Waals surface area (Å²) in [5.41, 5.74) is 0.996. The molecule has 1 atom stereocenters. The van der Waals surface area contributed by atoms with Crippen molar-refractivity contribution in [1.82, 2.24) is 24.8 Å². The molecule has 154 valence electrons. The van der Waals surface area contributed by atoms with Gasteiger partial charge in [0.2, 0.25) is 5.91 Å². The highest BCUT2D eigenvalue weighted by Crippen LogP contribution is 2.24. The van der Waals surface area contributed by atoms with Crippen LogP contribution in [0.3, 0.4) is 0 Å². The van der Waals surface area contributed by atoms with Gasteiger partial charge in [-0.1, -0.05) is 5.21 Å². The van der Waals surface area contributed by atoms with E-state index in [1.807, 2.05) is 13.1 Å². The monoisotopic (exact) mass is 401 g/mol. The molecular weight excluding hydrogens is 377 g/mol. The molecule has 1 unspecified atom stereocenters. The van der Waals surface area contributed by atoms with Crippen molar-refractivity contribution in [3.05, 3.63) is 41.5 Å². The Balaban J connectivity index is 1.62. The van der Waals surface area contributed by atoms with Gasteiger partial charge in [-0.15, -0.1) is 5.10 Å². The molecule has 1 aromatic carbocycles. The minimum atomic E-state index is -0.483. The third kappa shape index (κ3) is 4.23. The van der Waals surface area contributed by atoms with Gasteiger partial charge in [0.1, 0.15) is 11.6 Å². The second-order valence-electron chi connectivity index (χ2n) is 7.50. The molecule has 0 saturated carbocycles. The van der Waals surface area contributed by atoms with E-state index >= 15 is 0 Å². The average molecular weight is 401 g/mol. The maximum Gasteiger partial charge on any atom is 0.258 e. The van der Waals surface area contributed by atoms with Crippen molar-refractivity contribution in [3.63, 3.8) is 0 Å². The largest absolute Gasteiger partial charge is 0.493 e. The van der Waals surface area contributed by atoms with Crippen LogP contribution in [0.25, 0.3) is 0 Å². The first-order valence-electron chi connectivity index (χ1n) is 9.91. The molecule has 1 fully saturated rings. The lowest BCUT2D eigenvalue weighted by Gasteiger charge is -2.40. The highest BCUT2D eigenvalue weighted by Gasteiger charge is 2.31. The van der Waals surface area contributed by atoms with Gasteiger partial charge in [0.05, 0.1) is 17.9 Å². The predicted molar refractivity (Wildman–Crippen MR) is 102 cm³/mol. The van der Waals surface area contributed by atoms with E-state index in [-0.39, 0.29) is 23.4 Å². The van der Waals surface area contributed by atoms with Gasteiger partial charge < -0.3 is 14.5 Å². The Hall–Kier alpha value is -2.97. The molecule has 1 aromatic heterocycles. The van der Waals surface area contributed by atoms with Gasteiger partial charge in [-0.25, -0.2) is 4.39 Å². The van der Waals surface area contributed by atoms with E-state index in [2.05, 4.69) is 10.3 Å². The normalized spacial score (nSPS) is 21.0. The van der Waals surface area contributed by atoms with E-state index in [0.29, 0.717) is 57.8 Å². The molecule has 2 aromatic rings. The number of carbonyl (C=O) groups excluding carboxylic acids is 2. The van der Waals surface area contributed by atoms with Crippen LogP contribution in [0.4, 0.5) is 4.39 Å². The van der Waals surface area contributed by atoms with Crippen LogP contribution in [0, 0.1) is 5.82 Å². The zero-order chi connectivity index (χ0) is 20.4. The Kier molecular flexibility index (Phi) is 5.46. The summed E-state index contributed by atoms with van der Waals surface area (Å²) < 4.78 is 21.4. The zero-order valence-electron chi connectivity index (χ0n) is 16.4. The van der Waals surface area contributed by atoms with E-state index in [1.54, 1.807) is 14.5 Å². The maximum atomic E-state index is 13.9. The Bertz CT molecular complexity index is 915. The number of hydrogen-bond acceptors (Lipinski definition) is 5. The summed E-state index contributed by atoms with van der Waals surface area (Å²) in [6, 6.07) is 3.83. The van der Waals surface area contributed by atoms with E-state index in [4.69, 9.17) is 4.74 Å². The molecule has 29 heavy (non-hydrogen) atoms. The van der Waals surface area contributed by atoms with Gasteiger partial charge in [-0.05, 0) is 25.1 Å². The van der Waals surface area contributed by atoms with Crippen molar-refractivity contribution < 1.29 is 18.7 Å². The molecule has 1 saturated heterocycles. The lowest BCUT2D eigenvalue weighted by molar-refractivity contribution is -0.133. The molecule has 4 heterocycles. The molecule has 9 heteroatoms. The summed E-state index contributed by atoms with van der Waals surface area (Å²) in [7, 11) is 0. The van der Waals surface area contributed by atoms with E-state index in [1.165, 1.54) is 18.2 Å². The second-order valence-corrected chi connectivity index (χ2v) is 7.50. The summed E-state index contributed by atoms with van der Waals surface area (Å²) >= 11 is 0. The fourth-order valence-corrected chi connectivity index (χ4v) is 3.80. The zero-order valence-corrected chi connectivity index (χ0v) is 16.4.